The largest absolute Gasteiger partial charge is 0.493 e. The Hall–Kier alpha value is -3.00. The van der Waals surface area contributed by atoms with Crippen molar-refractivity contribution in [1.82, 2.24) is 4.90 Å². The molecule has 0 atom stereocenters. The van der Waals surface area contributed by atoms with Crippen LogP contribution in [0, 0.1) is 11.3 Å². The van der Waals surface area contributed by atoms with Gasteiger partial charge in [-0.2, -0.15) is 5.26 Å². The summed E-state index contributed by atoms with van der Waals surface area (Å²) in [5, 5.41) is 8.91. The highest BCUT2D eigenvalue weighted by Gasteiger charge is 2.18. The van der Waals surface area contributed by atoms with Gasteiger partial charge in [-0.05, 0) is 49.2 Å². The van der Waals surface area contributed by atoms with Crippen molar-refractivity contribution in [3.05, 3.63) is 59.2 Å². The Morgan fingerprint density at radius 3 is 2.42 bits per heavy atom. The highest BCUT2D eigenvalue weighted by molar-refractivity contribution is 5.95. The van der Waals surface area contributed by atoms with Crippen molar-refractivity contribution in [1.29, 1.82) is 5.26 Å². The van der Waals surface area contributed by atoms with E-state index in [9.17, 15) is 4.79 Å². The second kappa shape index (κ2) is 9.47. The third-order valence-corrected chi connectivity index (χ3v) is 3.95. The Labute approximate surface area is 154 Å². The summed E-state index contributed by atoms with van der Waals surface area (Å²) in [4.78, 5) is 14.8. The second-order valence-electron chi connectivity index (χ2n) is 5.83. The summed E-state index contributed by atoms with van der Waals surface area (Å²) in [5.74, 6) is 1.12. The Morgan fingerprint density at radius 2 is 1.85 bits per heavy atom. The minimum Gasteiger partial charge on any atom is -0.493 e. The van der Waals surface area contributed by atoms with Crippen LogP contribution in [0.5, 0.6) is 11.5 Å². The highest BCUT2D eigenvalue weighted by Crippen LogP contribution is 2.28. The number of carbonyl (C=O) groups is 1. The number of amides is 1. The molecule has 1 amide bonds. The third-order valence-electron chi connectivity index (χ3n) is 3.95. The van der Waals surface area contributed by atoms with Gasteiger partial charge in [0.25, 0.3) is 5.91 Å². The zero-order valence-electron chi connectivity index (χ0n) is 15.5. The highest BCUT2D eigenvalue weighted by atomic mass is 16.5. The molecular weight excluding hydrogens is 328 g/mol. The van der Waals surface area contributed by atoms with E-state index in [2.05, 4.69) is 6.07 Å². The first-order valence-corrected chi connectivity index (χ1v) is 8.72. The van der Waals surface area contributed by atoms with Gasteiger partial charge in [0, 0.05) is 18.7 Å². The molecule has 136 valence electrons. The molecule has 5 heteroatoms. The van der Waals surface area contributed by atoms with Gasteiger partial charge in [0.15, 0.2) is 11.5 Å². The van der Waals surface area contributed by atoms with Crippen LogP contribution in [-0.2, 0) is 6.54 Å². The molecule has 2 aromatic carbocycles. The first kappa shape index (κ1) is 19.3. The minimum absolute atomic E-state index is 0.0557. The molecule has 0 fully saturated rings. The Balaban J connectivity index is 2.24. The molecule has 0 aliphatic heterocycles. The summed E-state index contributed by atoms with van der Waals surface area (Å²) in [5.41, 5.74) is 2.17. The van der Waals surface area contributed by atoms with Gasteiger partial charge >= 0.3 is 0 Å². The lowest BCUT2D eigenvalue weighted by Crippen LogP contribution is -2.31. The fourth-order valence-electron chi connectivity index (χ4n) is 2.69. The van der Waals surface area contributed by atoms with Crippen molar-refractivity contribution in [3.8, 4) is 17.6 Å². The van der Waals surface area contributed by atoms with Gasteiger partial charge in [-0.1, -0.05) is 19.1 Å². The Kier molecular flexibility index (Phi) is 7.04. The van der Waals surface area contributed by atoms with Crippen LogP contribution in [0.2, 0.25) is 0 Å². The van der Waals surface area contributed by atoms with Crippen molar-refractivity contribution in [3.63, 3.8) is 0 Å². The number of carbonyl (C=O) groups excluding carboxylic acids is 1. The van der Waals surface area contributed by atoms with E-state index in [1.54, 1.807) is 42.3 Å². The van der Waals surface area contributed by atoms with E-state index in [4.69, 9.17) is 14.7 Å². The van der Waals surface area contributed by atoms with E-state index >= 15 is 0 Å². The van der Waals surface area contributed by atoms with E-state index in [0.717, 1.165) is 12.0 Å². The number of hydrogen-bond acceptors (Lipinski definition) is 4. The molecule has 5 nitrogen and oxygen atoms in total. The molecule has 0 spiro atoms. The maximum atomic E-state index is 13.0. The average molecular weight is 352 g/mol. The molecule has 0 saturated carbocycles. The molecular formula is C21H24N2O3. The van der Waals surface area contributed by atoms with Crippen molar-refractivity contribution >= 4 is 5.91 Å². The Bertz CT molecular complexity index is 779. The number of methoxy groups -OCH3 is 1. The van der Waals surface area contributed by atoms with Gasteiger partial charge in [-0.3, -0.25) is 4.79 Å². The van der Waals surface area contributed by atoms with Crippen molar-refractivity contribution < 1.29 is 14.3 Å². The standard InChI is InChI=1S/C21H24N2O3/c1-4-12-23(15-17-8-6-16(14-22)7-9-17)21(24)18-10-11-19(25-3)20(13-18)26-5-2/h6-11,13H,4-5,12,15H2,1-3H3. The van der Waals surface area contributed by atoms with Crippen LogP contribution in [0.15, 0.2) is 42.5 Å². The molecule has 0 aliphatic rings. The summed E-state index contributed by atoms with van der Waals surface area (Å²) >= 11 is 0. The third kappa shape index (κ3) is 4.76. The van der Waals surface area contributed by atoms with E-state index in [1.807, 2.05) is 26.0 Å². The fraction of sp³-hybridized carbons (Fsp3) is 0.333. The molecule has 2 aromatic rings. The van der Waals surface area contributed by atoms with Crippen LogP contribution in [0.25, 0.3) is 0 Å². The summed E-state index contributed by atoms with van der Waals surface area (Å²) in [7, 11) is 1.58. The van der Waals surface area contributed by atoms with E-state index in [1.165, 1.54) is 0 Å². The number of nitriles is 1. The normalized spacial score (nSPS) is 10.1. The number of benzene rings is 2. The molecule has 0 bridgehead atoms. The summed E-state index contributed by atoms with van der Waals surface area (Å²) < 4.78 is 10.9. The molecule has 26 heavy (non-hydrogen) atoms. The zero-order chi connectivity index (χ0) is 18.9. The maximum absolute atomic E-state index is 13.0. The van der Waals surface area contributed by atoms with Crippen molar-refractivity contribution in [2.24, 2.45) is 0 Å². The fourth-order valence-corrected chi connectivity index (χ4v) is 2.69. The topological polar surface area (TPSA) is 62.6 Å². The summed E-state index contributed by atoms with van der Waals surface area (Å²) in [6.07, 6.45) is 0.858. The SMILES string of the molecule is CCCN(Cc1ccc(C#N)cc1)C(=O)c1ccc(OC)c(OCC)c1. The van der Waals surface area contributed by atoms with Crippen molar-refractivity contribution in [2.45, 2.75) is 26.8 Å². The molecule has 0 aromatic heterocycles. The zero-order valence-corrected chi connectivity index (χ0v) is 15.5. The van der Waals surface area contributed by atoms with Crippen LogP contribution < -0.4 is 9.47 Å². The van der Waals surface area contributed by atoms with Crippen LogP contribution in [0.4, 0.5) is 0 Å². The van der Waals surface area contributed by atoms with Crippen LogP contribution >= 0.6 is 0 Å². The minimum atomic E-state index is -0.0557. The lowest BCUT2D eigenvalue weighted by molar-refractivity contribution is 0.0742. The van der Waals surface area contributed by atoms with Gasteiger partial charge in [-0.25, -0.2) is 0 Å². The second-order valence-corrected chi connectivity index (χ2v) is 5.83. The van der Waals surface area contributed by atoms with Crippen LogP contribution in [0.1, 0.15) is 41.8 Å². The van der Waals surface area contributed by atoms with Gasteiger partial charge in [0.2, 0.25) is 0 Å². The average Bonchev–Trinajstić information content (AvgIpc) is 2.68. The number of rotatable bonds is 8. The lowest BCUT2D eigenvalue weighted by atomic mass is 10.1. The first-order valence-electron chi connectivity index (χ1n) is 8.72. The Morgan fingerprint density at radius 1 is 1.12 bits per heavy atom. The van der Waals surface area contributed by atoms with E-state index in [0.29, 0.717) is 42.3 Å². The molecule has 0 unspecified atom stereocenters. The van der Waals surface area contributed by atoms with E-state index in [-0.39, 0.29) is 5.91 Å². The first-order chi connectivity index (χ1) is 12.6. The predicted octanol–water partition coefficient (Wildman–Crippen LogP) is 4.02. The molecule has 0 saturated heterocycles. The number of nitrogens with zero attached hydrogens (tertiary/aromatic N) is 2. The molecule has 2 rings (SSSR count). The van der Waals surface area contributed by atoms with Gasteiger partial charge in [-0.15, -0.1) is 0 Å². The molecule has 0 aliphatic carbocycles. The monoisotopic (exact) mass is 352 g/mol. The summed E-state index contributed by atoms with van der Waals surface area (Å²) in [6.45, 7) is 5.57. The number of ether oxygens (including phenoxy) is 2. The lowest BCUT2D eigenvalue weighted by Gasteiger charge is -2.23. The number of hydrogen-bond donors (Lipinski definition) is 0. The van der Waals surface area contributed by atoms with Gasteiger partial charge in [0.05, 0.1) is 25.3 Å². The summed E-state index contributed by atoms with van der Waals surface area (Å²) in [6, 6.07) is 14.6. The smallest absolute Gasteiger partial charge is 0.254 e. The molecule has 0 heterocycles. The van der Waals surface area contributed by atoms with Gasteiger partial charge < -0.3 is 14.4 Å². The van der Waals surface area contributed by atoms with Crippen LogP contribution in [-0.4, -0.2) is 31.1 Å². The van der Waals surface area contributed by atoms with E-state index < -0.39 is 0 Å². The quantitative estimate of drug-likeness (QED) is 0.720. The van der Waals surface area contributed by atoms with Crippen molar-refractivity contribution in [2.75, 3.05) is 20.3 Å². The molecule has 0 radical (unpaired) electrons. The van der Waals surface area contributed by atoms with Gasteiger partial charge in [0.1, 0.15) is 0 Å². The maximum Gasteiger partial charge on any atom is 0.254 e. The van der Waals surface area contributed by atoms with Crippen LogP contribution in [0.3, 0.4) is 0 Å². The predicted molar refractivity (Wildman–Crippen MR) is 100 cm³/mol. The molecule has 0 N–H and O–H groups in total.